The lowest BCUT2D eigenvalue weighted by Gasteiger charge is -2.09. The summed E-state index contributed by atoms with van der Waals surface area (Å²) in [4.78, 5) is 25.2. The van der Waals surface area contributed by atoms with E-state index in [0.717, 1.165) is 18.2 Å². The Morgan fingerprint density at radius 3 is 2.55 bits per heavy atom. The molecule has 7 heteroatoms. The Morgan fingerprint density at radius 1 is 1.15 bits per heavy atom. The molecule has 0 fully saturated rings. The Hall–Kier alpha value is -2.57. The van der Waals surface area contributed by atoms with E-state index in [1.807, 2.05) is 0 Å². The van der Waals surface area contributed by atoms with Crippen molar-refractivity contribution in [3.63, 3.8) is 0 Å². The molecule has 1 heterocycles. The number of alkyl halides is 3. The molecule has 0 saturated carbocycles. The molecule has 0 spiro atoms. The molecule has 1 aromatic carbocycles. The van der Waals surface area contributed by atoms with Gasteiger partial charge in [0.25, 0.3) is 5.91 Å². The van der Waals surface area contributed by atoms with Gasteiger partial charge < -0.3 is 10.3 Å². The minimum atomic E-state index is -4.48. The molecule has 0 aliphatic carbocycles. The van der Waals surface area contributed by atoms with Gasteiger partial charge in [-0.25, -0.2) is 0 Å². The van der Waals surface area contributed by atoms with Gasteiger partial charge in [0.15, 0.2) is 0 Å². The molecule has 1 amide bonds. The van der Waals surface area contributed by atoms with Crippen molar-refractivity contribution in [1.82, 2.24) is 4.98 Å². The Kier molecular flexibility index (Phi) is 3.60. The zero-order valence-electron chi connectivity index (χ0n) is 9.99. The van der Waals surface area contributed by atoms with Crippen molar-refractivity contribution >= 4 is 11.6 Å². The third-order valence-electron chi connectivity index (χ3n) is 2.49. The number of carbonyl (C=O) groups excluding carboxylic acids is 1. The van der Waals surface area contributed by atoms with E-state index in [9.17, 15) is 22.8 Å². The second-order valence-corrected chi connectivity index (χ2v) is 3.97. The van der Waals surface area contributed by atoms with Crippen LogP contribution in [0.2, 0.25) is 0 Å². The quantitative estimate of drug-likeness (QED) is 0.889. The summed E-state index contributed by atoms with van der Waals surface area (Å²) < 4.78 is 37.6. The number of amides is 1. The van der Waals surface area contributed by atoms with E-state index >= 15 is 0 Å². The van der Waals surface area contributed by atoms with Crippen LogP contribution in [0.25, 0.3) is 0 Å². The predicted molar refractivity (Wildman–Crippen MR) is 66.5 cm³/mol. The molecule has 2 N–H and O–H groups in total. The van der Waals surface area contributed by atoms with Gasteiger partial charge in [-0.3, -0.25) is 9.59 Å². The largest absolute Gasteiger partial charge is 0.416 e. The number of nitrogens with one attached hydrogen (secondary N) is 2. The molecule has 0 atom stereocenters. The van der Waals surface area contributed by atoms with Gasteiger partial charge in [0.1, 0.15) is 0 Å². The molecule has 1 aromatic heterocycles. The van der Waals surface area contributed by atoms with E-state index in [1.165, 1.54) is 24.4 Å². The zero-order chi connectivity index (χ0) is 14.8. The van der Waals surface area contributed by atoms with Crippen LogP contribution < -0.4 is 10.9 Å². The molecule has 104 valence electrons. The third kappa shape index (κ3) is 3.25. The summed E-state index contributed by atoms with van der Waals surface area (Å²) in [7, 11) is 0. The summed E-state index contributed by atoms with van der Waals surface area (Å²) in [6.45, 7) is 0. The second-order valence-electron chi connectivity index (χ2n) is 3.97. The van der Waals surface area contributed by atoms with Crippen LogP contribution in [-0.4, -0.2) is 10.9 Å². The highest BCUT2D eigenvalue weighted by atomic mass is 19.4. The molecule has 0 bridgehead atoms. The first-order valence-corrected chi connectivity index (χ1v) is 5.53. The molecule has 0 radical (unpaired) electrons. The Balaban J connectivity index is 2.22. The molecule has 2 rings (SSSR count). The normalized spacial score (nSPS) is 11.2. The van der Waals surface area contributed by atoms with Crippen molar-refractivity contribution < 1.29 is 18.0 Å². The maximum atomic E-state index is 12.5. The number of aromatic amines is 1. The SMILES string of the molecule is O=C(Nc1cccc(C(F)(F)F)c1)c1cc[nH]c(=O)c1. The topological polar surface area (TPSA) is 62.0 Å². The third-order valence-corrected chi connectivity index (χ3v) is 2.49. The standard InChI is InChI=1S/C13H9F3N2O2/c14-13(15,16)9-2-1-3-10(7-9)18-12(20)8-4-5-17-11(19)6-8/h1-7H,(H,17,19)(H,18,20). The van der Waals surface area contributed by atoms with E-state index in [1.54, 1.807) is 0 Å². The number of aromatic nitrogens is 1. The second kappa shape index (κ2) is 5.20. The molecule has 0 aliphatic heterocycles. The zero-order valence-corrected chi connectivity index (χ0v) is 9.99. The highest BCUT2D eigenvalue weighted by molar-refractivity contribution is 6.04. The fourth-order valence-electron chi connectivity index (χ4n) is 1.56. The minimum Gasteiger partial charge on any atom is -0.329 e. The molecule has 20 heavy (non-hydrogen) atoms. The summed E-state index contributed by atoms with van der Waals surface area (Å²) in [5.74, 6) is -0.657. The lowest BCUT2D eigenvalue weighted by molar-refractivity contribution is -0.137. The maximum absolute atomic E-state index is 12.5. The minimum absolute atomic E-state index is 0.00473. The fraction of sp³-hybridized carbons (Fsp3) is 0.0769. The number of carbonyl (C=O) groups is 1. The summed E-state index contributed by atoms with van der Waals surface area (Å²) >= 11 is 0. The maximum Gasteiger partial charge on any atom is 0.416 e. The van der Waals surface area contributed by atoms with Gasteiger partial charge in [0, 0.05) is 23.5 Å². The summed E-state index contributed by atoms with van der Waals surface area (Å²) in [6.07, 6.45) is -3.20. The highest BCUT2D eigenvalue weighted by Crippen LogP contribution is 2.30. The van der Waals surface area contributed by atoms with Crippen molar-refractivity contribution in [3.05, 3.63) is 64.1 Å². The van der Waals surface area contributed by atoms with Crippen molar-refractivity contribution in [2.75, 3.05) is 5.32 Å². The average molecular weight is 282 g/mol. The van der Waals surface area contributed by atoms with Crippen molar-refractivity contribution in [2.24, 2.45) is 0 Å². The van der Waals surface area contributed by atoms with Crippen LogP contribution in [0.1, 0.15) is 15.9 Å². The Morgan fingerprint density at radius 2 is 1.90 bits per heavy atom. The lowest BCUT2D eigenvalue weighted by Crippen LogP contribution is -2.16. The van der Waals surface area contributed by atoms with Gasteiger partial charge in [0.2, 0.25) is 5.56 Å². The first-order valence-electron chi connectivity index (χ1n) is 5.53. The molecular formula is C13H9F3N2O2. The average Bonchev–Trinajstić information content (AvgIpc) is 2.38. The number of rotatable bonds is 2. The first-order chi connectivity index (χ1) is 9.36. The van der Waals surface area contributed by atoms with Crippen molar-refractivity contribution in [2.45, 2.75) is 6.18 Å². The molecule has 4 nitrogen and oxygen atoms in total. The number of halogens is 3. The van der Waals surface area contributed by atoms with E-state index in [4.69, 9.17) is 0 Å². The van der Waals surface area contributed by atoms with Crippen LogP contribution in [0.5, 0.6) is 0 Å². The lowest BCUT2D eigenvalue weighted by atomic mass is 10.2. The van der Waals surface area contributed by atoms with E-state index in [-0.39, 0.29) is 11.3 Å². The van der Waals surface area contributed by atoms with Gasteiger partial charge in [-0.15, -0.1) is 0 Å². The molecule has 0 unspecified atom stereocenters. The van der Waals surface area contributed by atoms with E-state index < -0.39 is 23.2 Å². The van der Waals surface area contributed by atoms with Gasteiger partial charge in [-0.2, -0.15) is 13.2 Å². The number of hydrogen-bond donors (Lipinski definition) is 2. The van der Waals surface area contributed by atoms with E-state index in [0.29, 0.717) is 0 Å². The van der Waals surface area contributed by atoms with Gasteiger partial charge in [0.05, 0.1) is 5.56 Å². The van der Waals surface area contributed by atoms with E-state index in [2.05, 4.69) is 10.3 Å². The molecule has 0 saturated heterocycles. The smallest absolute Gasteiger partial charge is 0.329 e. The van der Waals surface area contributed by atoms with Crippen LogP contribution in [0.15, 0.2) is 47.4 Å². The summed E-state index contributed by atoms with van der Waals surface area (Å²) in [5, 5.41) is 2.31. The molecule has 2 aromatic rings. The van der Waals surface area contributed by atoms with Crippen LogP contribution in [0.3, 0.4) is 0 Å². The van der Waals surface area contributed by atoms with Gasteiger partial charge in [-0.1, -0.05) is 6.07 Å². The predicted octanol–water partition coefficient (Wildman–Crippen LogP) is 2.65. The molecule has 0 aliphatic rings. The number of pyridine rings is 1. The van der Waals surface area contributed by atoms with Crippen LogP contribution in [0, 0.1) is 0 Å². The number of H-pyrrole nitrogens is 1. The van der Waals surface area contributed by atoms with Crippen molar-refractivity contribution in [1.29, 1.82) is 0 Å². The van der Waals surface area contributed by atoms with Crippen LogP contribution in [0.4, 0.5) is 18.9 Å². The number of anilines is 1. The van der Waals surface area contributed by atoms with Crippen LogP contribution in [-0.2, 0) is 6.18 Å². The Bertz CT molecular complexity index is 692. The van der Waals surface area contributed by atoms with Gasteiger partial charge >= 0.3 is 6.18 Å². The number of benzene rings is 1. The monoisotopic (exact) mass is 282 g/mol. The van der Waals surface area contributed by atoms with Gasteiger partial charge in [-0.05, 0) is 24.3 Å². The molecular weight excluding hydrogens is 273 g/mol. The number of hydrogen-bond acceptors (Lipinski definition) is 2. The Labute approximate surface area is 111 Å². The van der Waals surface area contributed by atoms with Crippen LogP contribution >= 0.6 is 0 Å². The van der Waals surface area contributed by atoms with Crippen molar-refractivity contribution in [3.8, 4) is 0 Å². The first kappa shape index (κ1) is 13.9. The fourth-order valence-corrected chi connectivity index (χ4v) is 1.56. The summed E-state index contributed by atoms with van der Waals surface area (Å²) in [6, 6.07) is 6.66. The highest BCUT2D eigenvalue weighted by Gasteiger charge is 2.30. The summed E-state index contributed by atoms with van der Waals surface area (Å²) in [5.41, 5.74) is -1.26.